The first-order valence-electron chi connectivity index (χ1n) is 8.97. The number of nitrogens with zero attached hydrogens (tertiary/aromatic N) is 2. The van der Waals surface area contributed by atoms with Crippen molar-refractivity contribution in [2.45, 2.75) is 0 Å². The van der Waals surface area contributed by atoms with E-state index in [2.05, 4.69) is 35.2 Å². The van der Waals surface area contributed by atoms with Crippen molar-refractivity contribution >= 4 is 28.3 Å². The molecule has 0 saturated carbocycles. The van der Waals surface area contributed by atoms with E-state index in [0.29, 0.717) is 18.7 Å². The van der Waals surface area contributed by atoms with E-state index in [1.165, 1.54) is 28.6 Å². The molecule has 27 heavy (non-hydrogen) atoms. The highest BCUT2D eigenvalue weighted by Gasteiger charge is 2.23. The van der Waals surface area contributed by atoms with Crippen molar-refractivity contribution < 1.29 is 14.7 Å². The van der Waals surface area contributed by atoms with Crippen LogP contribution in [0.25, 0.3) is 10.8 Å². The third-order valence-corrected chi connectivity index (χ3v) is 5.04. The van der Waals surface area contributed by atoms with E-state index >= 15 is 0 Å². The second-order valence-electron chi connectivity index (χ2n) is 6.64. The summed E-state index contributed by atoms with van der Waals surface area (Å²) in [7, 11) is 0. The molecule has 4 rings (SSSR count). The molecule has 1 heterocycles. The first-order valence-corrected chi connectivity index (χ1v) is 8.97. The Hall–Kier alpha value is -3.34. The third kappa shape index (κ3) is 3.36. The molecule has 5 heteroatoms. The number of aromatic carboxylic acids is 1. The van der Waals surface area contributed by atoms with Crippen LogP contribution in [0.1, 0.15) is 20.7 Å². The molecule has 3 aromatic rings. The van der Waals surface area contributed by atoms with Crippen molar-refractivity contribution in [1.29, 1.82) is 0 Å². The Morgan fingerprint density at radius 1 is 0.741 bits per heavy atom. The number of carbonyl (C=O) groups is 2. The predicted octanol–water partition coefficient (Wildman–Crippen LogP) is 2.17. The zero-order valence-corrected chi connectivity index (χ0v) is 14.8. The van der Waals surface area contributed by atoms with Crippen molar-refractivity contribution in [1.82, 2.24) is 4.90 Å². The van der Waals surface area contributed by atoms with Gasteiger partial charge in [-0.05, 0) is 29.1 Å². The number of piperazine rings is 1. The van der Waals surface area contributed by atoms with Gasteiger partial charge in [-0.2, -0.15) is 0 Å². The molecule has 3 aromatic carbocycles. The lowest BCUT2D eigenvalue weighted by molar-refractivity contribution is -0.255. The number of benzene rings is 3. The number of amides is 1. The summed E-state index contributed by atoms with van der Waals surface area (Å²) in [5.41, 5.74) is 1.77. The fourth-order valence-electron chi connectivity index (χ4n) is 3.57. The first-order chi connectivity index (χ1) is 13.1. The van der Waals surface area contributed by atoms with Gasteiger partial charge < -0.3 is 19.7 Å². The Labute approximate surface area is 157 Å². The molecule has 0 aliphatic carbocycles. The summed E-state index contributed by atoms with van der Waals surface area (Å²) < 4.78 is 0. The Morgan fingerprint density at radius 2 is 1.37 bits per heavy atom. The molecule has 0 spiro atoms. The van der Waals surface area contributed by atoms with Crippen LogP contribution in [-0.4, -0.2) is 43.0 Å². The lowest BCUT2D eigenvalue weighted by Crippen LogP contribution is -2.48. The molecule has 0 radical (unpaired) electrons. The molecule has 136 valence electrons. The maximum absolute atomic E-state index is 12.7. The van der Waals surface area contributed by atoms with Gasteiger partial charge in [-0.25, -0.2) is 0 Å². The lowest BCUT2D eigenvalue weighted by Gasteiger charge is -2.36. The number of carbonyl (C=O) groups excluding carboxylic acids is 2. The molecule has 1 aliphatic heterocycles. The Morgan fingerprint density at radius 3 is 2.07 bits per heavy atom. The van der Waals surface area contributed by atoms with Gasteiger partial charge in [0.05, 0.1) is 5.97 Å². The molecule has 1 saturated heterocycles. The number of rotatable bonds is 3. The molecule has 1 amide bonds. The monoisotopic (exact) mass is 359 g/mol. The van der Waals surface area contributed by atoms with Crippen LogP contribution in [-0.2, 0) is 0 Å². The van der Waals surface area contributed by atoms with Crippen LogP contribution in [0.15, 0.2) is 66.7 Å². The smallest absolute Gasteiger partial charge is 0.253 e. The number of hydrogen-bond acceptors (Lipinski definition) is 4. The van der Waals surface area contributed by atoms with Crippen molar-refractivity contribution in [3.63, 3.8) is 0 Å². The first kappa shape index (κ1) is 17.1. The number of carboxylic acids is 1. The van der Waals surface area contributed by atoms with Crippen molar-refractivity contribution in [2.24, 2.45) is 0 Å². The van der Waals surface area contributed by atoms with Gasteiger partial charge in [0.1, 0.15) is 0 Å². The second kappa shape index (κ2) is 7.11. The van der Waals surface area contributed by atoms with Gasteiger partial charge in [0.15, 0.2) is 0 Å². The molecule has 0 atom stereocenters. The van der Waals surface area contributed by atoms with Crippen LogP contribution < -0.4 is 10.0 Å². The van der Waals surface area contributed by atoms with E-state index in [1.807, 2.05) is 17.0 Å². The summed E-state index contributed by atoms with van der Waals surface area (Å²) in [5.74, 6) is -1.31. The highest BCUT2D eigenvalue weighted by Crippen LogP contribution is 2.27. The molecule has 0 aromatic heterocycles. The van der Waals surface area contributed by atoms with Crippen molar-refractivity contribution in [3.8, 4) is 0 Å². The summed E-state index contributed by atoms with van der Waals surface area (Å²) in [6.45, 7) is 2.78. The van der Waals surface area contributed by atoms with Crippen molar-refractivity contribution in [2.75, 3.05) is 31.1 Å². The average molecular weight is 359 g/mol. The predicted molar refractivity (Wildman–Crippen MR) is 103 cm³/mol. The van der Waals surface area contributed by atoms with Crippen LogP contribution in [0.5, 0.6) is 0 Å². The summed E-state index contributed by atoms with van der Waals surface area (Å²) in [5, 5.41) is 13.3. The van der Waals surface area contributed by atoms with Crippen molar-refractivity contribution in [3.05, 3.63) is 77.9 Å². The van der Waals surface area contributed by atoms with Gasteiger partial charge in [-0.15, -0.1) is 0 Å². The molecule has 0 unspecified atom stereocenters. The van der Waals surface area contributed by atoms with Gasteiger partial charge in [-0.3, -0.25) is 4.79 Å². The quantitative estimate of drug-likeness (QED) is 0.719. The van der Waals surface area contributed by atoms with Crippen LogP contribution >= 0.6 is 0 Å². The zero-order valence-electron chi connectivity index (χ0n) is 14.8. The van der Waals surface area contributed by atoms with Gasteiger partial charge in [0, 0.05) is 42.8 Å². The topological polar surface area (TPSA) is 63.7 Å². The molecule has 1 aliphatic rings. The Balaban J connectivity index is 1.47. The highest BCUT2D eigenvalue weighted by atomic mass is 16.4. The fraction of sp³-hybridized carbons (Fsp3) is 0.182. The van der Waals surface area contributed by atoms with Crippen LogP contribution in [0, 0.1) is 0 Å². The van der Waals surface area contributed by atoms with Crippen LogP contribution in [0.4, 0.5) is 5.69 Å². The lowest BCUT2D eigenvalue weighted by atomic mass is 10.1. The van der Waals surface area contributed by atoms with E-state index in [0.717, 1.165) is 13.1 Å². The average Bonchev–Trinajstić information content (AvgIpc) is 2.73. The third-order valence-electron chi connectivity index (χ3n) is 5.04. The van der Waals surface area contributed by atoms with E-state index in [4.69, 9.17) is 0 Å². The van der Waals surface area contributed by atoms with E-state index in [-0.39, 0.29) is 11.5 Å². The second-order valence-corrected chi connectivity index (χ2v) is 6.64. The highest BCUT2D eigenvalue weighted by molar-refractivity contribution is 5.96. The summed E-state index contributed by atoms with van der Waals surface area (Å²) in [6, 6.07) is 20.5. The van der Waals surface area contributed by atoms with Gasteiger partial charge in [-0.1, -0.05) is 48.5 Å². The van der Waals surface area contributed by atoms with E-state index in [9.17, 15) is 14.7 Å². The standard InChI is InChI=1S/C22H20N2O3/c25-21(17-8-10-18(11-9-17)22(26)27)24-14-12-23(13-15-24)20-7-3-5-16-4-1-2-6-19(16)20/h1-11H,12-15H2,(H,26,27)/p-1. The minimum atomic E-state index is -1.24. The fourth-order valence-corrected chi connectivity index (χ4v) is 3.57. The summed E-state index contributed by atoms with van der Waals surface area (Å²) in [6.07, 6.45) is 0. The van der Waals surface area contributed by atoms with Crippen LogP contribution in [0.3, 0.4) is 0 Å². The van der Waals surface area contributed by atoms with Crippen LogP contribution in [0.2, 0.25) is 0 Å². The van der Waals surface area contributed by atoms with Gasteiger partial charge in [0.2, 0.25) is 0 Å². The molecule has 0 bridgehead atoms. The number of anilines is 1. The normalized spacial score (nSPS) is 14.4. The SMILES string of the molecule is O=C([O-])c1ccc(C(=O)N2CCN(c3cccc4ccccc34)CC2)cc1. The maximum atomic E-state index is 12.7. The summed E-state index contributed by atoms with van der Waals surface area (Å²) >= 11 is 0. The molecule has 1 fully saturated rings. The Bertz CT molecular complexity index is 985. The Kier molecular flexibility index (Phi) is 4.50. The number of carboxylic acid groups (broad SMARTS) is 1. The van der Waals surface area contributed by atoms with E-state index in [1.54, 1.807) is 12.1 Å². The number of fused-ring (bicyclic) bond motifs is 1. The summed E-state index contributed by atoms with van der Waals surface area (Å²) in [4.78, 5) is 27.6. The molecular formula is C22H19N2O3-. The largest absolute Gasteiger partial charge is 0.545 e. The molecule has 5 nitrogen and oxygen atoms in total. The van der Waals surface area contributed by atoms with Gasteiger partial charge >= 0.3 is 0 Å². The molecule has 0 N–H and O–H groups in total. The zero-order chi connectivity index (χ0) is 18.8. The number of hydrogen-bond donors (Lipinski definition) is 0. The van der Waals surface area contributed by atoms with E-state index < -0.39 is 5.97 Å². The molecular weight excluding hydrogens is 340 g/mol. The van der Waals surface area contributed by atoms with Gasteiger partial charge in [0.25, 0.3) is 5.91 Å². The minimum Gasteiger partial charge on any atom is -0.545 e. The minimum absolute atomic E-state index is 0.0718. The maximum Gasteiger partial charge on any atom is 0.253 e.